The number of halogens is 3. The molecule has 0 fully saturated rings. The van der Waals surface area contributed by atoms with Gasteiger partial charge < -0.3 is 5.32 Å². The summed E-state index contributed by atoms with van der Waals surface area (Å²) in [7, 11) is 0. The number of aromatic nitrogens is 2. The van der Waals surface area contributed by atoms with Crippen molar-refractivity contribution in [1.82, 2.24) is 9.97 Å². The van der Waals surface area contributed by atoms with E-state index in [1.807, 2.05) is 6.07 Å². The van der Waals surface area contributed by atoms with Crippen molar-refractivity contribution >= 4 is 50.6 Å². The molecule has 2 aromatic heterocycles. The number of hydrogen-bond acceptors (Lipinski definition) is 3. The summed E-state index contributed by atoms with van der Waals surface area (Å²) in [5, 5.41) is 4.02. The van der Waals surface area contributed by atoms with Crippen molar-refractivity contribution in [2.75, 3.05) is 5.32 Å². The Bertz CT molecular complexity index is 502. The van der Waals surface area contributed by atoms with Gasteiger partial charge in [0, 0.05) is 16.9 Å². The Labute approximate surface area is 111 Å². The summed E-state index contributed by atoms with van der Waals surface area (Å²) < 4.78 is 0.841. The zero-order valence-corrected chi connectivity index (χ0v) is 11.0. The maximum absolute atomic E-state index is 5.93. The van der Waals surface area contributed by atoms with Crippen LogP contribution < -0.4 is 5.32 Å². The van der Waals surface area contributed by atoms with Crippen LogP contribution in [0.4, 0.5) is 11.5 Å². The minimum Gasteiger partial charge on any atom is -0.338 e. The molecule has 3 nitrogen and oxygen atoms in total. The van der Waals surface area contributed by atoms with E-state index >= 15 is 0 Å². The monoisotopic (exact) mass is 317 g/mol. The Morgan fingerprint density at radius 2 is 1.94 bits per heavy atom. The first-order valence-corrected chi connectivity index (χ1v) is 5.89. The Morgan fingerprint density at radius 3 is 2.62 bits per heavy atom. The molecule has 0 aliphatic carbocycles. The molecule has 82 valence electrons. The van der Waals surface area contributed by atoms with Crippen LogP contribution in [0, 0.1) is 0 Å². The Hall–Kier alpha value is -0.840. The average Bonchev–Trinajstić information content (AvgIpc) is 2.27. The van der Waals surface area contributed by atoms with Crippen LogP contribution in [0.25, 0.3) is 0 Å². The highest BCUT2D eigenvalue weighted by molar-refractivity contribution is 9.10. The van der Waals surface area contributed by atoms with E-state index in [-0.39, 0.29) is 0 Å². The third kappa shape index (κ3) is 2.84. The van der Waals surface area contributed by atoms with Crippen molar-refractivity contribution < 1.29 is 0 Å². The summed E-state index contributed by atoms with van der Waals surface area (Å²) in [6.45, 7) is 0. The van der Waals surface area contributed by atoms with Crippen LogP contribution in [0.5, 0.6) is 0 Å². The summed E-state index contributed by atoms with van der Waals surface area (Å²) in [5.41, 5.74) is 0.686. The number of hydrogen-bond donors (Lipinski definition) is 1. The van der Waals surface area contributed by atoms with Crippen LogP contribution in [0.15, 0.2) is 35.1 Å². The highest BCUT2D eigenvalue weighted by Gasteiger charge is 2.03. The van der Waals surface area contributed by atoms with Gasteiger partial charge in [-0.25, -0.2) is 9.97 Å². The van der Waals surface area contributed by atoms with Gasteiger partial charge in [-0.05, 0) is 34.1 Å². The lowest BCUT2D eigenvalue weighted by atomic mass is 10.4. The van der Waals surface area contributed by atoms with Gasteiger partial charge >= 0.3 is 0 Å². The number of rotatable bonds is 2. The quantitative estimate of drug-likeness (QED) is 0.839. The van der Waals surface area contributed by atoms with E-state index in [4.69, 9.17) is 23.2 Å². The number of nitrogens with zero attached hydrogens (tertiary/aromatic N) is 2. The van der Waals surface area contributed by atoms with Crippen LogP contribution in [0.3, 0.4) is 0 Å². The molecular formula is C10H6BrCl2N3. The fourth-order valence-electron chi connectivity index (χ4n) is 1.10. The van der Waals surface area contributed by atoms with E-state index < -0.39 is 0 Å². The van der Waals surface area contributed by atoms with Gasteiger partial charge in [0.2, 0.25) is 0 Å². The highest BCUT2D eigenvalue weighted by Crippen LogP contribution is 2.25. The Balaban J connectivity index is 2.26. The van der Waals surface area contributed by atoms with Crippen molar-refractivity contribution in [2.24, 2.45) is 0 Å². The molecule has 0 spiro atoms. The lowest BCUT2D eigenvalue weighted by molar-refractivity contribution is 1.27. The zero-order valence-electron chi connectivity index (χ0n) is 7.92. The molecule has 0 aliphatic rings. The molecule has 0 saturated heterocycles. The van der Waals surface area contributed by atoms with Gasteiger partial charge in [0.15, 0.2) is 5.15 Å². The normalized spacial score (nSPS) is 10.2. The van der Waals surface area contributed by atoms with Gasteiger partial charge in [-0.3, -0.25) is 0 Å². The first kappa shape index (κ1) is 11.6. The lowest BCUT2D eigenvalue weighted by Crippen LogP contribution is -1.94. The summed E-state index contributed by atoms with van der Waals surface area (Å²) in [6, 6.07) is 5.33. The van der Waals surface area contributed by atoms with Crippen LogP contribution in [0.1, 0.15) is 0 Å². The third-order valence-corrected chi connectivity index (χ3v) is 2.75. The van der Waals surface area contributed by atoms with Crippen molar-refractivity contribution in [3.63, 3.8) is 0 Å². The van der Waals surface area contributed by atoms with Crippen molar-refractivity contribution in [1.29, 1.82) is 0 Å². The molecule has 0 aliphatic heterocycles. The highest BCUT2D eigenvalue weighted by atomic mass is 79.9. The molecule has 1 N–H and O–H groups in total. The molecule has 0 unspecified atom stereocenters. The van der Waals surface area contributed by atoms with Gasteiger partial charge in [0.05, 0.1) is 10.7 Å². The molecule has 0 bridgehead atoms. The smallest absolute Gasteiger partial charge is 0.152 e. The molecule has 2 heterocycles. The second kappa shape index (κ2) is 4.99. The number of nitrogens with one attached hydrogen (secondary N) is 1. The van der Waals surface area contributed by atoms with E-state index in [1.54, 1.807) is 24.5 Å². The first-order valence-electron chi connectivity index (χ1n) is 4.35. The molecule has 6 heteroatoms. The fraction of sp³-hybridized carbons (Fsp3) is 0. The van der Waals surface area contributed by atoms with E-state index in [0.717, 1.165) is 4.47 Å². The first-order chi connectivity index (χ1) is 7.65. The number of anilines is 2. The van der Waals surface area contributed by atoms with E-state index in [0.29, 0.717) is 21.7 Å². The van der Waals surface area contributed by atoms with Crippen LogP contribution in [0.2, 0.25) is 10.2 Å². The second-order valence-corrected chi connectivity index (χ2v) is 4.69. The van der Waals surface area contributed by atoms with Crippen LogP contribution >= 0.6 is 39.1 Å². The van der Waals surface area contributed by atoms with Crippen LogP contribution in [-0.4, -0.2) is 9.97 Å². The summed E-state index contributed by atoms with van der Waals surface area (Å²) in [6.07, 6.45) is 3.19. The maximum atomic E-state index is 5.93. The minimum absolute atomic E-state index is 0.389. The van der Waals surface area contributed by atoms with Gasteiger partial charge in [0.1, 0.15) is 5.82 Å². The van der Waals surface area contributed by atoms with Gasteiger partial charge in [-0.15, -0.1) is 0 Å². The standard InChI is InChI=1S/C10H6BrCl2N3/c11-6-3-8(10(13)15-4-6)16-9-2-1-7(12)5-14-9/h1-5H,(H,14,16). The largest absolute Gasteiger partial charge is 0.338 e. The van der Waals surface area contributed by atoms with Crippen molar-refractivity contribution in [3.05, 3.63) is 45.2 Å². The molecule has 0 atom stereocenters. The molecule has 0 radical (unpaired) electrons. The van der Waals surface area contributed by atoms with E-state index in [2.05, 4.69) is 31.2 Å². The summed E-state index contributed by atoms with van der Waals surface area (Å²) in [5.74, 6) is 0.659. The Kier molecular flexibility index (Phi) is 3.63. The molecule has 2 aromatic rings. The van der Waals surface area contributed by atoms with E-state index in [9.17, 15) is 0 Å². The topological polar surface area (TPSA) is 37.8 Å². The van der Waals surface area contributed by atoms with Gasteiger partial charge in [-0.2, -0.15) is 0 Å². The average molecular weight is 319 g/mol. The maximum Gasteiger partial charge on any atom is 0.152 e. The second-order valence-electron chi connectivity index (χ2n) is 2.98. The predicted octanol–water partition coefficient (Wildman–Crippen LogP) is 4.29. The molecule has 0 saturated carbocycles. The SMILES string of the molecule is Clc1ccc(Nc2cc(Br)cnc2Cl)nc1. The molecule has 2 rings (SSSR count). The number of pyridine rings is 2. The van der Waals surface area contributed by atoms with Gasteiger partial charge in [-0.1, -0.05) is 23.2 Å². The van der Waals surface area contributed by atoms with Crippen molar-refractivity contribution in [2.45, 2.75) is 0 Å². The molecule has 16 heavy (non-hydrogen) atoms. The summed E-state index contributed by atoms with van der Waals surface area (Å²) >= 11 is 15.0. The third-order valence-electron chi connectivity index (χ3n) is 1.80. The van der Waals surface area contributed by atoms with Crippen LogP contribution in [-0.2, 0) is 0 Å². The fourth-order valence-corrected chi connectivity index (χ4v) is 1.69. The molecule has 0 amide bonds. The lowest BCUT2D eigenvalue weighted by Gasteiger charge is -2.07. The zero-order chi connectivity index (χ0) is 11.5. The predicted molar refractivity (Wildman–Crippen MR) is 69.5 cm³/mol. The summed E-state index contributed by atoms with van der Waals surface area (Å²) in [4.78, 5) is 8.09. The minimum atomic E-state index is 0.389. The molecular weight excluding hydrogens is 313 g/mol. The Morgan fingerprint density at radius 1 is 1.12 bits per heavy atom. The van der Waals surface area contributed by atoms with E-state index in [1.165, 1.54) is 0 Å². The molecule has 0 aromatic carbocycles. The van der Waals surface area contributed by atoms with Crippen molar-refractivity contribution in [3.8, 4) is 0 Å². The van der Waals surface area contributed by atoms with Gasteiger partial charge in [0.25, 0.3) is 0 Å².